The van der Waals surface area contributed by atoms with Crippen molar-refractivity contribution in [3.63, 3.8) is 0 Å². The summed E-state index contributed by atoms with van der Waals surface area (Å²) in [6, 6.07) is 0. The molecular weight excluding hydrogens is 240 g/mol. The molecule has 2 N–H and O–H groups in total. The summed E-state index contributed by atoms with van der Waals surface area (Å²) >= 11 is 0. The van der Waals surface area contributed by atoms with Crippen LogP contribution in [0.1, 0.15) is 30.7 Å². The van der Waals surface area contributed by atoms with E-state index in [-0.39, 0.29) is 0 Å². The summed E-state index contributed by atoms with van der Waals surface area (Å²) < 4.78 is 5.19. The molecule has 0 amide bonds. The third kappa shape index (κ3) is 3.35. The molecule has 1 heterocycles. The monoisotopic (exact) mass is 264 g/mol. The molecule has 0 aromatic carbocycles. The van der Waals surface area contributed by atoms with Gasteiger partial charge in [0.05, 0.1) is 0 Å². The number of nitrogens with one attached hydrogen (secondary N) is 2. The van der Waals surface area contributed by atoms with Gasteiger partial charge in [-0.25, -0.2) is 9.97 Å². The van der Waals surface area contributed by atoms with Crippen LogP contribution < -0.4 is 10.6 Å². The predicted octanol–water partition coefficient (Wildman–Crippen LogP) is 2.36. The van der Waals surface area contributed by atoms with Crippen LogP contribution in [0.3, 0.4) is 0 Å². The highest BCUT2D eigenvalue weighted by Crippen LogP contribution is 2.48. The van der Waals surface area contributed by atoms with Crippen LogP contribution in [-0.2, 0) is 4.74 Å². The van der Waals surface area contributed by atoms with Crippen LogP contribution in [-0.4, -0.2) is 37.3 Å². The zero-order valence-corrected chi connectivity index (χ0v) is 12.3. The Morgan fingerprint density at radius 3 is 2.47 bits per heavy atom. The molecule has 0 aliphatic heterocycles. The SMILES string of the molecule is CNc1nc(C)nc(NCC2(CCOC)CC2)c1C. The van der Waals surface area contributed by atoms with Gasteiger partial charge in [0.25, 0.3) is 0 Å². The normalized spacial score (nSPS) is 16.2. The Kier molecular flexibility index (Phi) is 4.24. The van der Waals surface area contributed by atoms with Crippen LogP contribution in [0.25, 0.3) is 0 Å². The minimum atomic E-state index is 0.418. The van der Waals surface area contributed by atoms with Crippen LogP contribution in [0.2, 0.25) is 0 Å². The molecule has 0 unspecified atom stereocenters. The Hall–Kier alpha value is -1.36. The van der Waals surface area contributed by atoms with Crippen molar-refractivity contribution in [3.05, 3.63) is 11.4 Å². The molecule has 0 atom stereocenters. The molecule has 0 spiro atoms. The molecule has 0 bridgehead atoms. The second-order valence-electron chi connectivity index (χ2n) is 5.44. The van der Waals surface area contributed by atoms with Crippen LogP contribution in [0.15, 0.2) is 0 Å². The second kappa shape index (κ2) is 5.74. The van der Waals surface area contributed by atoms with Gasteiger partial charge in [0.15, 0.2) is 0 Å². The van der Waals surface area contributed by atoms with Gasteiger partial charge in [-0.3, -0.25) is 0 Å². The fourth-order valence-electron chi connectivity index (χ4n) is 2.33. The first-order chi connectivity index (χ1) is 9.10. The van der Waals surface area contributed by atoms with Crippen LogP contribution in [0, 0.1) is 19.3 Å². The van der Waals surface area contributed by atoms with E-state index in [0.29, 0.717) is 5.41 Å². The maximum Gasteiger partial charge on any atom is 0.134 e. The topological polar surface area (TPSA) is 59.1 Å². The summed E-state index contributed by atoms with van der Waals surface area (Å²) in [7, 11) is 3.65. The standard InChI is InChI=1S/C14H24N4O/c1-10-12(15-3)17-11(2)18-13(10)16-9-14(5-6-14)7-8-19-4/h5-9H2,1-4H3,(H2,15,16,17,18). The van der Waals surface area contributed by atoms with Gasteiger partial charge in [0.1, 0.15) is 17.5 Å². The van der Waals surface area contributed by atoms with Gasteiger partial charge >= 0.3 is 0 Å². The van der Waals surface area contributed by atoms with Gasteiger partial charge in [-0.2, -0.15) is 0 Å². The molecule has 1 aromatic heterocycles. The summed E-state index contributed by atoms with van der Waals surface area (Å²) in [5, 5.41) is 6.61. The van der Waals surface area contributed by atoms with E-state index in [9.17, 15) is 0 Å². The third-order valence-corrected chi connectivity index (χ3v) is 3.92. The molecule has 5 heteroatoms. The van der Waals surface area contributed by atoms with Crippen molar-refractivity contribution in [2.75, 3.05) is 37.9 Å². The fraction of sp³-hybridized carbons (Fsp3) is 0.714. The summed E-state index contributed by atoms with van der Waals surface area (Å²) in [6.07, 6.45) is 3.69. The number of aromatic nitrogens is 2. The minimum Gasteiger partial charge on any atom is -0.385 e. The van der Waals surface area contributed by atoms with Crippen molar-refractivity contribution in [1.29, 1.82) is 0 Å². The molecule has 5 nitrogen and oxygen atoms in total. The zero-order valence-electron chi connectivity index (χ0n) is 12.3. The van der Waals surface area contributed by atoms with E-state index in [1.165, 1.54) is 12.8 Å². The molecule has 1 aliphatic rings. The maximum atomic E-state index is 5.19. The number of methoxy groups -OCH3 is 1. The Morgan fingerprint density at radius 2 is 1.89 bits per heavy atom. The number of hydrogen-bond donors (Lipinski definition) is 2. The van der Waals surface area contributed by atoms with E-state index in [1.54, 1.807) is 7.11 Å². The minimum absolute atomic E-state index is 0.418. The van der Waals surface area contributed by atoms with Crippen molar-refractivity contribution in [2.24, 2.45) is 5.41 Å². The first-order valence-electron chi connectivity index (χ1n) is 6.86. The second-order valence-corrected chi connectivity index (χ2v) is 5.44. The van der Waals surface area contributed by atoms with Crippen molar-refractivity contribution < 1.29 is 4.74 Å². The molecular formula is C14H24N4O. The Morgan fingerprint density at radius 1 is 1.21 bits per heavy atom. The largest absolute Gasteiger partial charge is 0.385 e. The first-order valence-corrected chi connectivity index (χ1v) is 6.86. The lowest BCUT2D eigenvalue weighted by Gasteiger charge is -2.18. The van der Waals surface area contributed by atoms with Gasteiger partial charge in [-0.05, 0) is 38.5 Å². The average Bonchev–Trinajstić information content (AvgIpc) is 3.17. The van der Waals surface area contributed by atoms with Gasteiger partial charge in [0, 0.05) is 32.9 Å². The molecule has 2 rings (SSSR count). The first kappa shape index (κ1) is 14.1. The zero-order chi connectivity index (χ0) is 13.9. The lowest BCUT2D eigenvalue weighted by molar-refractivity contribution is 0.175. The molecule has 1 fully saturated rings. The van der Waals surface area contributed by atoms with Gasteiger partial charge in [-0.15, -0.1) is 0 Å². The summed E-state index contributed by atoms with van der Waals surface area (Å²) in [6.45, 7) is 5.77. The fourth-order valence-corrected chi connectivity index (χ4v) is 2.33. The number of hydrogen-bond acceptors (Lipinski definition) is 5. The lowest BCUT2D eigenvalue weighted by Crippen LogP contribution is -2.19. The van der Waals surface area contributed by atoms with Gasteiger partial charge in [0.2, 0.25) is 0 Å². The number of anilines is 2. The van der Waals surface area contributed by atoms with Crippen LogP contribution >= 0.6 is 0 Å². The number of ether oxygens (including phenoxy) is 1. The number of nitrogens with zero attached hydrogens (tertiary/aromatic N) is 2. The Balaban J connectivity index is 2.01. The highest BCUT2D eigenvalue weighted by molar-refractivity contribution is 5.57. The van der Waals surface area contributed by atoms with E-state index in [1.807, 2.05) is 20.9 Å². The number of rotatable bonds is 7. The molecule has 1 aliphatic carbocycles. The van der Waals surface area contributed by atoms with E-state index < -0.39 is 0 Å². The quantitative estimate of drug-likeness (QED) is 0.791. The van der Waals surface area contributed by atoms with Gasteiger partial charge in [-0.1, -0.05) is 0 Å². The van der Waals surface area contributed by atoms with E-state index in [2.05, 4.69) is 20.6 Å². The summed E-state index contributed by atoms with van der Waals surface area (Å²) in [5.41, 5.74) is 1.50. The number of aryl methyl sites for hydroxylation is 1. The maximum absolute atomic E-state index is 5.19. The van der Waals surface area contributed by atoms with E-state index in [4.69, 9.17) is 4.74 Å². The molecule has 19 heavy (non-hydrogen) atoms. The van der Waals surface area contributed by atoms with E-state index in [0.717, 1.165) is 42.6 Å². The highest BCUT2D eigenvalue weighted by atomic mass is 16.5. The molecule has 1 saturated carbocycles. The van der Waals surface area contributed by atoms with Crippen molar-refractivity contribution >= 4 is 11.6 Å². The Bertz CT molecular complexity index is 443. The average molecular weight is 264 g/mol. The smallest absolute Gasteiger partial charge is 0.134 e. The third-order valence-electron chi connectivity index (χ3n) is 3.92. The summed E-state index contributed by atoms with van der Waals surface area (Å²) in [5.74, 6) is 2.64. The highest BCUT2D eigenvalue weighted by Gasteiger charge is 2.41. The summed E-state index contributed by atoms with van der Waals surface area (Å²) in [4.78, 5) is 8.88. The van der Waals surface area contributed by atoms with Crippen molar-refractivity contribution in [1.82, 2.24) is 9.97 Å². The lowest BCUT2D eigenvalue weighted by atomic mass is 10.0. The molecule has 0 radical (unpaired) electrons. The van der Waals surface area contributed by atoms with Crippen molar-refractivity contribution in [2.45, 2.75) is 33.1 Å². The predicted molar refractivity (Wildman–Crippen MR) is 77.7 cm³/mol. The van der Waals surface area contributed by atoms with Crippen LogP contribution in [0.4, 0.5) is 11.6 Å². The molecule has 0 saturated heterocycles. The van der Waals surface area contributed by atoms with Crippen LogP contribution in [0.5, 0.6) is 0 Å². The molecule has 1 aromatic rings. The van der Waals surface area contributed by atoms with Crippen molar-refractivity contribution in [3.8, 4) is 0 Å². The van der Waals surface area contributed by atoms with Gasteiger partial charge < -0.3 is 15.4 Å². The Labute approximate surface area is 115 Å². The molecule has 106 valence electrons. The van der Waals surface area contributed by atoms with E-state index >= 15 is 0 Å².